The third-order valence-corrected chi connectivity index (χ3v) is 3.78. The van der Waals surface area contributed by atoms with E-state index in [1.807, 2.05) is 0 Å². The highest BCUT2D eigenvalue weighted by Gasteiger charge is 2.51. The van der Waals surface area contributed by atoms with E-state index in [9.17, 15) is 18.4 Å². The summed E-state index contributed by atoms with van der Waals surface area (Å²) in [4.78, 5) is 25.8. The Kier molecular flexibility index (Phi) is 5.41. The molecule has 0 aromatic heterocycles. The standard InChI is InChI=1S/C19H26F2N2O4/c1-17(2,3)26-15(24)22-19(12-8-7-9-13(20)14(12)21)10-23(11-19)16(25)27-18(4,5)6/h7-9H,10-11H2,1-6H3,(H,22,24). The molecule has 1 aromatic carbocycles. The molecule has 1 N–H and O–H groups in total. The van der Waals surface area contributed by atoms with E-state index in [-0.39, 0.29) is 18.7 Å². The van der Waals surface area contributed by atoms with Crippen molar-refractivity contribution in [2.45, 2.75) is 58.3 Å². The average molecular weight is 384 g/mol. The molecule has 1 heterocycles. The SMILES string of the molecule is CC(C)(C)OC(=O)NC1(c2cccc(F)c2F)CN(C(=O)OC(C)(C)C)C1. The van der Waals surface area contributed by atoms with Gasteiger partial charge < -0.3 is 19.7 Å². The van der Waals surface area contributed by atoms with Crippen LogP contribution in [0.3, 0.4) is 0 Å². The van der Waals surface area contributed by atoms with E-state index in [0.29, 0.717) is 0 Å². The minimum atomic E-state index is -1.30. The number of hydrogen-bond acceptors (Lipinski definition) is 4. The fourth-order valence-corrected chi connectivity index (χ4v) is 2.75. The van der Waals surface area contributed by atoms with Crippen LogP contribution >= 0.6 is 0 Å². The van der Waals surface area contributed by atoms with Crippen LogP contribution in [0, 0.1) is 11.6 Å². The maximum atomic E-state index is 14.4. The van der Waals surface area contributed by atoms with E-state index in [0.717, 1.165) is 6.07 Å². The van der Waals surface area contributed by atoms with E-state index in [1.54, 1.807) is 41.5 Å². The molecular weight excluding hydrogens is 358 g/mol. The first-order valence-corrected chi connectivity index (χ1v) is 8.66. The number of likely N-dealkylation sites (tertiary alicyclic amines) is 1. The molecule has 0 radical (unpaired) electrons. The lowest BCUT2D eigenvalue weighted by Crippen LogP contribution is -2.69. The van der Waals surface area contributed by atoms with Crippen LogP contribution in [-0.2, 0) is 15.0 Å². The van der Waals surface area contributed by atoms with Gasteiger partial charge in [0.1, 0.15) is 16.7 Å². The van der Waals surface area contributed by atoms with Crippen LogP contribution in [-0.4, -0.2) is 41.4 Å². The van der Waals surface area contributed by atoms with Crippen LogP contribution in [0.15, 0.2) is 18.2 Å². The van der Waals surface area contributed by atoms with Gasteiger partial charge in [-0.25, -0.2) is 18.4 Å². The Morgan fingerprint density at radius 2 is 1.59 bits per heavy atom. The summed E-state index contributed by atoms with van der Waals surface area (Å²) in [5.41, 5.74) is -2.81. The number of carbonyl (C=O) groups is 2. The molecule has 1 aliphatic heterocycles. The number of halogens is 2. The van der Waals surface area contributed by atoms with Gasteiger partial charge in [-0.3, -0.25) is 0 Å². The molecule has 0 atom stereocenters. The van der Waals surface area contributed by atoms with E-state index in [2.05, 4.69) is 5.32 Å². The largest absolute Gasteiger partial charge is 0.444 e. The number of ether oxygens (including phenoxy) is 2. The lowest BCUT2D eigenvalue weighted by Gasteiger charge is -2.50. The molecule has 1 aromatic rings. The smallest absolute Gasteiger partial charge is 0.410 e. The van der Waals surface area contributed by atoms with Crippen molar-refractivity contribution in [3.8, 4) is 0 Å². The normalized spacial score (nSPS) is 16.4. The number of rotatable bonds is 2. The Morgan fingerprint density at radius 1 is 1.04 bits per heavy atom. The summed E-state index contributed by atoms with van der Waals surface area (Å²) in [6.45, 7) is 10.1. The van der Waals surface area contributed by atoms with Crippen LogP contribution in [0.25, 0.3) is 0 Å². The molecule has 2 amide bonds. The first-order chi connectivity index (χ1) is 12.2. The van der Waals surface area contributed by atoms with Crippen LogP contribution in [0.2, 0.25) is 0 Å². The Bertz CT molecular complexity index is 732. The number of nitrogens with zero attached hydrogens (tertiary/aromatic N) is 1. The molecule has 0 spiro atoms. The predicted molar refractivity (Wildman–Crippen MR) is 95.2 cm³/mol. The summed E-state index contributed by atoms with van der Waals surface area (Å²) in [6, 6.07) is 3.72. The Labute approximate surface area is 157 Å². The van der Waals surface area contributed by atoms with Gasteiger partial charge in [-0.15, -0.1) is 0 Å². The monoisotopic (exact) mass is 384 g/mol. The Balaban J connectivity index is 2.26. The number of alkyl carbamates (subject to hydrolysis) is 1. The molecule has 0 aliphatic carbocycles. The molecule has 1 saturated heterocycles. The zero-order chi connectivity index (χ0) is 20.6. The molecule has 8 heteroatoms. The summed E-state index contributed by atoms with van der Waals surface area (Å²) < 4.78 is 38.7. The van der Waals surface area contributed by atoms with Crippen LogP contribution in [0.1, 0.15) is 47.1 Å². The molecule has 2 rings (SSSR count). The first-order valence-electron chi connectivity index (χ1n) is 8.66. The molecule has 27 heavy (non-hydrogen) atoms. The second-order valence-corrected chi connectivity index (χ2v) is 8.65. The fraction of sp³-hybridized carbons (Fsp3) is 0.579. The third-order valence-electron chi connectivity index (χ3n) is 3.78. The van der Waals surface area contributed by atoms with Crippen molar-refractivity contribution in [3.05, 3.63) is 35.4 Å². The van der Waals surface area contributed by atoms with E-state index in [1.165, 1.54) is 17.0 Å². The highest BCUT2D eigenvalue weighted by atomic mass is 19.2. The Morgan fingerprint density at radius 3 is 2.11 bits per heavy atom. The molecule has 0 bridgehead atoms. The number of amides is 2. The van der Waals surface area contributed by atoms with Crippen molar-refractivity contribution < 1.29 is 27.8 Å². The maximum absolute atomic E-state index is 14.4. The van der Waals surface area contributed by atoms with Crippen molar-refractivity contribution in [1.82, 2.24) is 10.2 Å². The molecule has 0 saturated carbocycles. The first kappa shape index (κ1) is 20.9. The number of carbonyl (C=O) groups excluding carboxylic acids is 2. The van der Waals surface area contributed by atoms with E-state index < -0.39 is 40.6 Å². The van der Waals surface area contributed by atoms with Gasteiger partial charge in [0.15, 0.2) is 11.6 Å². The zero-order valence-corrected chi connectivity index (χ0v) is 16.5. The minimum absolute atomic E-state index is 0.0480. The molecule has 6 nitrogen and oxygen atoms in total. The molecule has 1 fully saturated rings. The van der Waals surface area contributed by atoms with Crippen molar-refractivity contribution >= 4 is 12.2 Å². The lowest BCUT2D eigenvalue weighted by molar-refractivity contribution is -0.0239. The van der Waals surface area contributed by atoms with Gasteiger partial charge in [-0.05, 0) is 47.6 Å². The van der Waals surface area contributed by atoms with Crippen LogP contribution in [0.4, 0.5) is 18.4 Å². The van der Waals surface area contributed by atoms with Crippen molar-refractivity contribution in [2.75, 3.05) is 13.1 Å². The van der Waals surface area contributed by atoms with Gasteiger partial charge >= 0.3 is 12.2 Å². The maximum Gasteiger partial charge on any atom is 0.410 e. The van der Waals surface area contributed by atoms with Gasteiger partial charge in [0, 0.05) is 5.56 Å². The summed E-state index contributed by atoms with van der Waals surface area (Å²) in [7, 11) is 0. The second kappa shape index (κ2) is 6.98. The molecular formula is C19H26F2N2O4. The lowest BCUT2D eigenvalue weighted by atomic mass is 9.82. The van der Waals surface area contributed by atoms with E-state index >= 15 is 0 Å². The summed E-state index contributed by atoms with van der Waals surface area (Å²) in [6.07, 6.45) is -1.38. The number of nitrogens with one attached hydrogen (secondary N) is 1. The summed E-state index contributed by atoms with van der Waals surface area (Å²) in [5, 5.41) is 2.60. The van der Waals surface area contributed by atoms with Gasteiger partial charge in [-0.2, -0.15) is 0 Å². The van der Waals surface area contributed by atoms with Crippen LogP contribution < -0.4 is 5.32 Å². The fourth-order valence-electron chi connectivity index (χ4n) is 2.75. The van der Waals surface area contributed by atoms with E-state index in [4.69, 9.17) is 9.47 Å². The number of hydrogen-bond donors (Lipinski definition) is 1. The van der Waals surface area contributed by atoms with Gasteiger partial charge in [0.2, 0.25) is 0 Å². The average Bonchev–Trinajstić information content (AvgIpc) is 2.41. The highest BCUT2D eigenvalue weighted by Crippen LogP contribution is 2.35. The van der Waals surface area contributed by atoms with Gasteiger partial charge in [-0.1, -0.05) is 12.1 Å². The summed E-state index contributed by atoms with van der Waals surface area (Å²) in [5.74, 6) is -2.11. The van der Waals surface area contributed by atoms with Crippen molar-refractivity contribution in [3.63, 3.8) is 0 Å². The summed E-state index contributed by atoms with van der Waals surface area (Å²) >= 11 is 0. The highest BCUT2D eigenvalue weighted by molar-refractivity contribution is 5.73. The van der Waals surface area contributed by atoms with Gasteiger partial charge in [0.05, 0.1) is 13.1 Å². The third kappa shape index (κ3) is 5.08. The predicted octanol–water partition coefficient (Wildman–Crippen LogP) is 3.94. The quantitative estimate of drug-likeness (QED) is 0.839. The van der Waals surface area contributed by atoms with Crippen LogP contribution in [0.5, 0.6) is 0 Å². The topological polar surface area (TPSA) is 67.9 Å². The Hall–Kier alpha value is -2.38. The molecule has 150 valence electrons. The van der Waals surface area contributed by atoms with Crippen molar-refractivity contribution in [1.29, 1.82) is 0 Å². The molecule has 0 unspecified atom stereocenters. The van der Waals surface area contributed by atoms with Gasteiger partial charge in [0.25, 0.3) is 0 Å². The molecule has 1 aliphatic rings. The zero-order valence-electron chi connectivity index (χ0n) is 16.5. The second-order valence-electron chi connectivity index (χ2n) is 8.65. The minimum Gasteiger partial charge on any atom is -0.444 e. The van der Waals surface area contributed by atoms with Crippen molar-refractivity contribution in [2.24, 2.45) is 0 Å². The number of benzene rings is 1.